The van der Waals surface area contributed by atoms with E-state index in [0.29, 0.717) is 24.0 Å². The van der Waals surface area contributed by atoms with Gasteiger partial charge in [-0.2, -0.15) is 0 Å². The first kappa shape index (κ1) is 52.6. The SMILES string of the molecule is COC(=O)[C@H](CCCCNC(=O)CCC(=O)O[C@@H](C(=O)O)[C@@H](NC(=O)OC(C)(C)C)c1ccccc1)NC(=O)CC[C@@H](NC(=O)[C@H](C)NC(=O)/C=C/c1ccc(F)cc1Cl)C(N)=O. The Bertz CT molecular complexity index is 1980. The lowest BCUT2D eigenvalue weighted by molar-refractivity contribution is -0.166. The van der Waals surface area contributed by atoms with Crippen molar-refractivity contribution in [3.05, 3.63) is 76.6 Å². The molecule has 344 valence electrons. The minimum absolute atomic E-state index is 0.0671. The van der Waals surface area contributed by atoms with E-state index < -0.39 is 102 Å². The highest BCUT2D eigenvalue weighted by Crippen LogP contribution is 2.22. The number of hydrogen-bond donors (Lipinski definition) is 7. The molecule has 2 rings (SSSR count). The largest absolute Gasteiger partial charge is 0.478 e. The zero-order chi connectivity index (χ0) is 47.3. The van der Waals surface area contributed by atoms with Gasteiger partial charge in [0.1, 0.15) is 35.6 Å². The smallest absolute Gasteiger partial charge is 0.408 e. The van der Waals surface area contributed by atoms with Crippen LogP contribution in [0.5, 0.6) is 0 Å². The second-order valence-corrected chi connectivity index (χ2v) is 15.4. The first-order valence-corrected chi connectivity index (χ1v) is 20.1. The number of ether oxygens (including phenoxy) is 3. The number of esters is 2. The lowest BCUT2D eigenvalue weighted by Gasteiger charge is -2.27. The van der Waals surface area contributed by atoms with Gasteiger partial charge in [-0.25, -0.2) is 18.8 Å². The summed E-state index contributed by atoms with van der Waals surface area (Å²) in [5.41, 5.74) is 5.22. The standard InChI is InChI=1S/C42H54ClFN6O13/c1-24(47-32(52)18-15-25-14-16-27(44)23-28(25)43)38(56)49-29(37(45)55)17-19-33(53)48-30(40(59)61-5)13-9-10-22-46-31(51)20-21-34(54)62-36(39(57)58)35(26-11-7-6-8-12-26)50-41(60)63-42(2,3)4/h6-8,11-12,14-16,18,23-24,29-30,35-36H,9-10,13,17,19-22H2,1-5H3,(H2,45,55)(H,46,51)(H,47,52)(H,48,53)(H,49,56)(H,50,60)(H,57,58)/b18-15+/t24-,29+,30-,35-,36+/m0/s1. The summed E-state index contributed by atoms with van der Waals surface area (Å²) in [6, 6.07) is 6.67. The Morgan fingerprint density at radius 3 is 2.14 bits per heavy atom. The van der Waals surface area contributed by atoms with Crippen LogP contribution in [0.25, 0.3) is 6.08 Å². The summed E-state index contributed by atoms with van der Waals surface area (Å²) < 4.78 is 28.5. The van der Waals surface area contributed by atoms with E-state index in [4.69, 9.17) is 31.5 Å². The molecule has 21 heteroatoms. The summed E-state index contributed by atoms with van der Waals surface area (Å²) in [4.78, 5) is 112. The van der Waals surface area contributed by atoms with E-state index in [2.05, 4.69) is 26.6 Å². The number of carboxylic acid groups (broad SMARTS) is 1. The van der Waals surface area contributed by atoms with Gasteiger partial charge in [0, 0.05) is 25.5 Å². The van der Waals surface area contributed by atoms with E-state index in [1.807, 2.05) is 0 Å². The van der Waals surface area contributed by atoms with E-state index in [1.54, 1.807) is 39.0 Å². The summed E-state index contributed by atoms with van der Waals surface area (Å²) >= 11 is 5.94. The molecule has 0 aliphatic heterocycles. The number of halogens is 2. The van der Waals surface area contributed by atoms with Gasteiger partial charge in [0.2, 0.25) is 35.6 Å². The maximum absolute atomic E-state index is 13.3. The van der Waals surface area contributed by atoms with Crippen molar-refractivity contribution >= 4 is 71.2 Å². The third-order valence-electron chi connectivity index (χ3n) is 8.70. The summed E-state index contributed by atoms with van der Waals surface area (Å²) in [5.74, 6) is -7.54. The fraction of sp³-hybridized carbons (Fsp3) is 0.452. The number of carboxylic acids is 1. The van der Waals surface area contributed by atoms with Crippen molar-refractivity contribution in [1.29, 1.82) is 0 Å². The predicted octanol–water partition coefficient (Wildman–Crippen LogP) is 2.73. The number of alkyl carbamates (subject to hydrolysis) is 1. The Labute approximate surface area is 368 Å². The molecule has 8 N–H and O–H groups in total. The Hall–Kier alpha value is -6.57. The topological polar surface area (TPSA) is 288 Å². The third kappa shape index (κ3) is 20.2. The molecule has 0 aliphatic rings. The number of aliphatic carboxylic acids is 1. The molecule has 5 atom stereocenters. The lowest BCUT2D eigenvalue weighted by atomic mass is 10.0. The van der Waals surface area contributed by atoms with Crippen LogP contribution in [0, 0.1) is 5.82 Å². The molecule has 0 fully saturated rings. The summed E-state index contributed by atoms with van der Waals surface area (Å²) in [7, 11) is 1.12. The minimum Gasteiger partial charge on any atom is -0.478 e. The van der Waals surface area contributed by atoms with Crippen LogP contribution in [0.1, 0.15) is 89.8 Å². The average Bonchev–Trinajstić information content (AvgIpc) is 3.20. The monoisotopic (exact) mass is 904 g/mol. The summed E-state index contributed by atoms with van der Waals surface area (Å²) in [5, 5.41) is 22.3. The van der Waals surface area contributed by atoms with E-state index in [1.165, 1.54) is 31.2 Å². The molecule has 6 amide bonds. The molecular formula is C42H54ClFN6O13. The molecule has 2 aromatic rings. The summed E-state index contributed by atoms with van der Waals surface area (Å²) in [6.07, 6.45) is -1.10. The Balaban J connectivity index is 1.82. The van der Waals surface area contributed by atoms with Crippen LogP contribution < -0.4 is 32.3 Å². The highest BCUT2D eigenvalue weighted by molar-refractivity contribution is 6.32. The van der Waals surface area contributed by atoms with E-state index in [9.17, 15) is 52.6 Å². The zero-order valence-electron chi connectivity index (χ0n) is 35.5. The Morgan fingerprint density at radius 2 is 1.54 bits per heavy atom. The molecule has 0 radical (unpaired) electrons. The lowest BCUT2D eigenvalue weighted by Crippen LogP contribution is -2.52. The fourth-order valence-corrected chi connectivity index (χ4v) is 5.77. The maximum Gasteiger partial charge on any atom is 0.408 e. The van der Waals surface area contributed by atoms with Crippen LogP contribution >= 0.6 is 11.6 Å². The van der Waals surface area contributed by atoms with Gasteiger partial charge in [0.15, 0.2) is 0 Å². The van der Waals surface area contributed by atoms with Gasteiger partial charge >= 0.3 is 24.0 Å². The average molecular weight is 905 g/mol. The third-order valence-corrected chi connectivity index (χ3v) is 9.03. The van der Waals surface area contributed by atoms with Crippen LogP contribution in [-0.2, 0) is 52.6 Å². The molecule has 0 unspecified atom stereocenters. The molecule has 0 aromatic heterocycles. The number of hydrogen-bond acceptors (Lipinski definition) is 12. The second-order valence-electron chi connectivity index (χ2n) is 15.0. The number of carbonyl (C=O) groups is 9. The molecule has 19 nitrogen and oxygen atoms in total. The fourth-order valence-electron chi connectivity index (χ4n) is 5.54. The molecule has 0 bridgehead atoms. The number of unbranched alkanes of at least 4 members (excludes halogenated alkanes) is 1. The van der Waals surface area contributed by atoms with Crippen molar-refractivity contribution in [2.75, 3.05) is 13.7 Å². The van der Waals surface area contributed by atoms with Gasteiger partial charge in [0.25, 0.3) is 0 Å². The summed E-state index contributed by atoms with van der Waals surface area (Å²) in [6.45, 7) is 6.32. The normalized spacial score (nSPS) is 13.5. The van der Waals surface area contributed by atoms with Gasteiger partial charge in [-0.05, 0) is 82.7 Å². The van der Waals surface area contributed by atoms with Gasteiger partial charge in [-0.3, -0.25) is 28.8 Å². The maximum atomic E-state index is 13.3. The van der Waals surface area contributed by atoms with Gasteiger partial charge in [0.05, 0.1) is 18.6 Å². The number of nitrogens with two attached hydrogens (primary N) is 1. The minimum atomic E-state index is -1.86. The van der Waals surface area contributed by atoms with E-state index >= 15 is 0 Å². The van der Waals surface area contributed by atoms with Crippen LogP contribution in [0.2, 0.25) is 5.02 Å². The van der Waals surface area contributed by atoms with Crippen LogP contribution in [0.3, 0.4) is 0 Å². The van der Waals surface area contributed by atoms with Crippen LogP contribution in [0.15, 0.2) is 54.6 Å². The zero-order valence-corrected chi connectivity index (χ0v) is 36.3. The van der Waals surface area contributed by atoms with Crippen molar-refractivity contribution in [2.45, 2.75) is 109 Å². The second kappa shape index (κ2) is 26.0. The highest BCUT2D eigenvalue weighted by Gasteiger charge is 2.36. The molecule has 0 saturated carbocycles. The number of nitrogens with one attached hydrogen (secondary N) is 5. The molecular weight excluding hydrogens is 851 g/mol. The molecule has 0 spiro atoms. The molecule has 63 heavy (non-hydrogen) atoms. The predicted molar refractivity (Wildman–Crippen MR) is 225 cm³/mol. The van der Waals surface area contributed by atoms with Crippen molar-refractivity contribution in [2.24, 2.45) is 5.73 Å². The van der Waals surface area contributed by atoms with Crippen molar-refractivity contribution in [3.8, 4) is 0 Å². The number of rotatable bonds is 24. The quantitative estimate of drug-likeness (QED) is 0.0346. The molecule has 0 saturated heterocycles. The van der Waals surface area contributed by atoms with Crippen molar-refractivity contribution in [3.63, 3.8) is 0 Å². The first-order valence-electron chi connectivity index (χ1n) is 19.7. The number of methoxy groups -OCH3 is 1. The Morgan fingerprint density at radius 1 is 0.857 bits per heavy atom. The van der Waals surface area contributed by atoms with Gasteiger partial charge in [-0.1, -0.05) is 48.0 Å². The van der Waals surface area contributed by atoms with Gasteiger partial charge < -0.3 is 51.6 Å². The van der Waals surface area contributed by atoms with E-state index in [0.717, 1.165) is 25.3 Å². The van der Waals surface area contributed by atoms with Crippen molar-refractivity contribution < 1.29 is 66.9 Å². The van der Waals surface area contributed by atoms with Gasteiger partial charge in [-0.15, -0.1) is 0 Å². The molecule has 0 aliphatic carbocycles. The number of primary amides is 1. The number of benzene rings is 2. The number of amides is 6. The Kier molecular flexibility index (Phi) is 21.7. The molecule has 2 aromatic carbocycles. The highest BCUT2D eigenvalue weighted by atomic mass is 35.5. The van der Waals surface area contributed by atoms with E-state index in [-0.39, 0.29) is 37.3 Å². The van der Waals surface area contributed by atoms with Crippen LogP contribution in [-0.4, -0.2) is 102 Å². The number of carbonyl (C=O) groups excluding carboxylic acids is 8. The molecule has 0 heterocycles. The van der Waals surface area contributed by atoms with Crippen LogP contribution in [0.4, 0.5) is 9.18 Å². The van der Waals surface area contributed by atoms with Crippen molar-refractivity contribution in [1.82, 2.24) is 26.6 Å². The first-order chi connectivity index (χ1) is 29.6.